The van der Waals surface area contributed by atoms with Gasteiger partial charge in [0.15, 0.2) is 0 Å². The molecule has 142 valence electrons. The molecule has 2 atom stereocenters. The van der Waals surface area contributed by atoms with Gasteiger partial charge >= 0.3 is 0 Å². The largest absolute Gasteiger partial charge is 0.346 e. The number of carbonyl (C=O) groups is 1. The standard InChI is InChI=1S/C17H21N5O2.2ClH/c23-16(17-6-2-1-3-13(17)9-19-11-17)20-10-14-21-15(22-24-14)12-4-7-18-8-5-12;;/h4-5,7-8,13,19H,1-3,6,9-11H2,(H,20,23);2*1H/t13-,17+;;/m0../s1. The summed E-state index contributed by atoms with van der Waals surface area (Å²) in [6, 6.07) is 3.64. The second-order valence-electron chi connectivity index (χ2n) is 6.66. The number of nitrogens with zero attached hydrogens (tertiary/aromatic N) is 3. The predicted molar refractivity (Wildman–Crippen MR) is 101 cm³/mol. The lowest BCUT2D eigenvalue weighted by atomic mass is 9.67. The van der Waals surface area contributed by atoms with Gasteiger partial charge in [0.1, 0.15) is 0 Å². The van der Waals surface area contributed by atoms with Gasteiger partial charge in [-0.05, 0) is 37.4 Å². The summed E-state index contributed by atoms with van der Waals surface area (Å²) in [5.74, 6) is 1.49. The number of nitrogens with one attached hydrogen (secondary N) is 2. The van der Waals surface area contributed by atoms with Gasteiger partial charge in [-0.1, -0.05) is 18.0 Å². The van der Waals surface area contributed by atoms with Crippen LogP contribution in [0, 0.1) is 11.3 Å². The lowest BCUT2D eigenvalue weighted by Gasteiger charge is -2.36. The quantitative estimate of drug-likeness (QED) is 0.819. The van der Waals surface area contributed by atoms with Crippen molar-refractivity contribution in [1.82, 2.24) is 25.8 Å². The minimum Gasteiger partial charge on any atom is -0.346 e. The number of rotatable bonds is 4. The zero-order chi connectivity index (χ0) is 16.4. The maximum atomic E-state index is 12.8. The molecule has 2 aromatic rings. The van der Waals surface area contributed by atoms with Crippen molar-refractivity contribution in [1.29, 1.82) is 0 Å². The third kappa shape index (κ3) is 3.84. The van der Waals surface area contributed by atoms with Gasteiger partial charge in [0.2, 0.25) is 17.6 Å². The van der Waals surface area contributed by atoms with Gasteiger partial charge in [-0.3, -0.25) is 9.78 Å². The van der Waals surface area contributed by atoms with E-state index in [1.165, 1.54) is 6.42 Å². The van der Waals surface area contributed by atoms with Crippen LogP contribution in [0.4, 0.5) is 0 Å². The van der Waals surface area contributed by atoms with Gasteiger partial charge in [-0.15, -0.1) is 24.8 Å². The Labute approximate surface area is 164 Å². The van der Waals surface area contributed by atoms with Crippen LogP contribution in [0.2, 0.25) is 0 Å². The van der Waals surface area contributed by atoms with E-state index in [9.17, 15) is 4.79 Å². The van der Waals surface area contributed by atoms with Gasteiger partial charge in [-0.2, -0.15) is 4.98 Å². The minimum atomic E-state index is -0.258. The van der Waals surface area contributed by atoms with Crippen LogP contribution in [0.1, 0.15) is 31.6 Å². The third-order valence-electron chi connectivity index (χ3n) is 5.30. The summed E-state index contributed by atoms with van der Waals surface area (Å²) in [5, 5.41) is 10.4. The Morgan fingerprint density at radius 1 is 1.31 bits per heavy atom. The molecule has 1 saturated carbocycles. The summed E-state index contributed by atoms with van der Waals surface area (Å²) in [6.07, 6.45) is 7.81. The van der Waals surface area contributed by atoms with E-state index in [4.69, 9.17) is 4.52 Å². The molecule has 0 aromatic carbocycles. The highest BCUT2D eigenvalue weighted by atomic mass is 35.5. The molecule has 1 amide bonds. The fourth-order valence-corrected chi connectivity index (χ4v) is 3.97. The van der Waals surface area contributed by atoms with Crippen molar-refractivity contribution in [2.24, 2.45) is 11.3 Å². The molecule has 1 aliphatic carbocycles. The first kappa shape index (κ1) is 20.6. The summed E-state index contributed by atoms with van der Waals surface area (Å²) >= 11 is 0. The zero-order valence-corrected chi connectivity index (χ0v) is 15.9. The third-order valence-corrected chi connectivity index (χ3v) is 5.30. The number of fused-ring (bicyclic) bond motifs is 1. The van der Waals surface area contributed by atoms with Crippen LogP contribution < -0.4 is 10.6 Å². The summed E-state index contributed by atoms with van der Waals surface area (Å²) in [5.41, 5.74) is 0.587. The molecule has 2 N–H and O–H groups in total. The van der Waals surface area contributed by atoms with Gasteiger partial charge < -0.3 is 15.2 Å². The number of hydrogen-bond donors (Lipinski definition) is 2. The van der Waals surface area contributed by atoms with Crippen molar-refractivity contribution in [2.45, 2.75) is 32.2 Å². The van der Waals surface area contributed by atoms with Crippen molar-refractivity contribution in [3.63, 3.8) is 0 Å². The lowest BCUT2D eigenvalue weighted by molar-refractivity contribution is -0.134. The summed E-state index contributed by atoms with van der Waals surface area (Å²) in [6.45, 7) is 1.99. The van der Waals surface area contributed by atoms with Crippen LogP contribution in [0.3, 0.4) is 0 Å². The molecule has 2 aliphatic rings. The summed E-state index contributed by atoms with van der Waals surface area (Å²) in [7, 11) is 0. The first-order chi connectivity index (χ1) is 11.8. The van der Waals surface area contributed by atoms with E-state index in [2.05, 4.69) is 25.8 Å². The van der Waals surface area contributed by atoms with E-state index >= 15 is 0 Å². The van der Waals surface area contributed by atoms with Crippen molar-refractivity contribution < 1.29 is 9.32 Å². The summed E-state index contributed by atoms with van der Waals surface area (Å²) in [4.78, 5) is 21.1. The molecule has 0 radical (unpaired) electrons. The average molecular weight is 400 g/mol. The van der Waals surface area contributed by atoms with Crippen LogP contribution in [0.25, 0.3) is 11.4 Å². The van der Waals surface area contributed by atoms with E-state index in [0.717, 1.165) is 37.9 Å². The van der Waals surface area contributed by atoms with Gasteiger partial charge in [0.25, 0.3) is 0 Å². The smallest absolute Gasteiger partial charge is 0.246 e. The van der Waals surface area contributed by atoms with E-state index in [-0.39, 0.29) is 42.7 Å². The van der Waals surface area contributed by atoms with Crippen molar-refractivity contribution in [3.8, 4) is 11.4 Å². The van der Waals surface area contributed by atoms with E-state index < -0.39 is 0 Å². The van der Waals surface area contributed by atoms with Crippen LogP contribution in [-0.4, -0.2) is 34.1 Å². The summed E-state index contributed by atoms with van der Waals surface area (Å²) < 4.78 is 5.25. The van der Waals surface area contributed by atoms with Crippen molar-refractivity contribution >= 4 is 30.7 Å². The molecule has 0 unspecified atom stereocenters. The lowest BCUT2D eigenvalue weighted by Crippen LogP contribution is -2.47. The molecule has 26 heavy (non-hydrogen) atoms. The fraction of sp³-hybridized carbons (Fsp3) is 0.529. The van der Waals surface area contributed by atoms with E-state index in [0.29, 0.717) is 17.6 Å². The van der Waals surface area contributed by atoms with Crippen LogP contribution in [-0.2, 0) is 11.3 Å². The first-order valence-corrected chi connectivity index (χ1v) is 8.50. The predicted octanol–water partition coefficient (Wildman–Crippen LogP) is 2.37. The van der Waals surface area contributed by atoms with Crippen molar-refractivity contribution in [2.75, 3.05) is 13.1 Å². The molecule has 4 rings (SSSR count). The molecule has 1 saturated heterocycles. The van der Waals surface area contributed by atoms with Gasteiger partial charge in [-0.25, -0.2) is 0 Å². The number of aromatic nitrogens is 3. The van der Waals surface area contributed by atoms with E-state index in [1.807, 2.05) is 12.1 Å². The molecule has 0 spiro atoms. The van der Waals surface area contributed by atoms with Crippen molar-refractivity contribution in [3.05, 3.63) is 30.4 Å². The highest BCUT2D eigenvalue weighted by molar-refractivity contribution is 5.85. The highest BCUT2D eigenvalue weighted by Crippen LogP contribution is 2.43. The SMILES string of the molecule is Cl.Cl.O=C(NCc1nc(-c2ccncc2)no1)[C@@]12CCCC[C@H]1CNC2. The molecule has 3 heterocycles. The Bertz CT molecular complexity index is 727. The van der Waals surface area contributed by atoms with Crippen LogP contribution >= 0.6 is 24.8 Å². The molecule has 9 heteroatoms. The Hall–Kier alpha value is -1.70. The Kier molecular flexibility index (Phi) is 6.97. The molecule has 0 bridgehead atoms. The Morgan fingerprint density at radius 3 is 2.92 bits per heavy atom. The highest BCUT2D eigenvalue weighted by Gasteiger charge is 2.49. The van der Waals surface area contributed by atoms with Gasteiger partial charge in [0.05, 0.1) is 12.0 Å². The molecule has 2 fully saturated rings. The normalized spacial score (nSPS) is 24.1. The van der Waals surface area contributed by atoms with Crippen LogP contribution in [0.15, 0.2) is 29.0 Å². The second-order valence-corrected chi connectivity index (χ2v) is 6.66. The fourth-order valence-electron chi connectivity index (χ4n) is 3.97. The second kappa shape index (κ2) is 8.79. The number of hydrogen-bond acceptors (Lipinski definition) is 6. The van der Waals surface area contributed by atoms with Crippen LogP contribution in [0.5, 0.6) is 0 Å². The molecule has 2 aromatic heterocycles. The molecule has 7 nitrogen and oxygen atoms in total. The zero-order valence-electron chi connectivity index (χ0n) is 14.3. The number of halogens is 2. The monoisotopic (exact) mass is 399 g/mol. The Morgan fingerprint density at radius 2 is 2.12 bits per heavy atom. The first-order valence-electron chi connectivity index (χ1n) is 8.50. The minimum absolute atomic E-state index is 0. The maximum absolute atomic E-state index is 12.8. The number of pyridine rings is 1. The molecule has 1 aliphatic heterocycles. The number of amides is 1. The average Bonchev–Trinajstić information content (AvgIpc) is 3.28. The number of carbonyl (C=O) groups excluding carboxylic acids is 1. The molecular weight excluding hydrogens is 377 g/mol. The van der Waals surface area contributed by atoms with E-state index in [1.54, 1.807) is 12.4 Å². The topological polar surface area (TPSA) is 92.9 Å². The molecular formula is C17H23Cl2N5O2. The van der Waals surface area contributed by atoms with Gasteiger partial charge in [0, 0.05) is 24.5 Å². The maximum Gasteiger partial charge on any atom is 0.246 e. The Balaban J connectivity index is 0.00000121.